The summed E-state index contributed by atoms with van der Waals surface area (Å²) in [7, 11) is 0. The first-order chi connectivity index (χ1) is 23.4. The number of nitrogens with one attached hydrogen (secondary N) is 3. The van der Waals surface area contributed by atoms with E-state index < -0.39 is 17.1 Å². The van der Waals surface area contributed by atoms with E-state index in [0.29, 0.717) is 22.1 Å². The molecule has 0 spiro atoms. The van der Waals surface area contributed by atoms with Crippen LogP contribution in [-0.2, 0) is 9.59 Å². The zero-order valence-electron chi connectivity index (χ0n) is 25.1. The van der Waals surface area contributed by atoms with E-state index >= 15 is 0 Å². The van der Waals surface area contributed by atoms with Crippen LogP contribution in [0.4, 0.5) is 15.2 Å². The molecule has 0 bridgehead atoms. The Balaban J connectivity index is 1.19. The minimum atomic E-state index is -0.644. The number of aromatic nitrogens is 1. The van der Waals surface area contributed by atoms with Crippen LogP contribution >= 0.6 is 34.4 Å². The van der Waals surface area contributed by atoms with Crippen molar-refractivity contribution in [3.05, 3.63) is 160 Å². The molecule has 0 aliphatic carbocycles. The number of anilines is 2. The Hall–Kier alpha value is -5.36. The molecule has 0 radical (unpaired) electrons. The van der Waals surface area contributed by atoms with E-state index in [0.717, 1.165) is 20.9 Å². The topological polar surface area (TPSA) is 100 Å². The molecule has 2 aromatic heterocycles. The lowest BCUT2D eigenvalue weighted by molar-refractivity contribution is -0.116. The summed E-state index contributed by atoms with van der Waals surface area (Å²) in [6, 6.07) is 35.0. The molecule has 2 heterocycles. The molecule has 238 valence electrons. The van der Waals surface area contributed by atoms with Gasteiger partial charge in [-0.15, -0.1) is 34.4 Å². The van der Waals surface area contributed by atoms with Crippen LogP contribution in [0.2, 0.25) is 0 Å². The molecule has 0 aliphatic rings. The largest absolute Gasteiger partial charge is 0.321 e. The van der Waals surface area contributed by atoms with Gasteiger partial charge in [0.1, 0.15) is 16.8 Å². The lowest BCUT2D eigenvalue weighted by Gasteiger charge is -2.17. The second kappa shape index (κ2) is 15.5. The van der Waals surface area contributed by atoms with Crippen molar-refractivity contribution >= 4 is 69.1 Å². The van der Waals surface area contributed by atoms with Crippen molar-refractivity contribution in [3.63, 3.8) is 0 Å². The van der Waals surface area contributed by atoms with Crippen molar-refractivity contribution in [1.82, 2.24) is 10.3 Å². The van der Waals surface area contributed by atoms with Crippen LogP contribution in [0.3, 0.4) is 0 Å². The number of amides is 3. The van der Waals surface area contributed by atoms with Gasteiger partial charge in [-0.25, -0.2) is 9.37 Å². The highest BCUT2D eigenvalue weighted by atomic mass is 32.2. The highest BCUT2D eigenvalue weighted by Crippen LogP contribution is 2.38. The fraction of sp³-hybridized carbons (Fsp3) is 0.0270. The minimum absolute atomic E-state index is 0.0920. The summed E-state index contributed by atoms with van der Waals surface area (Å²) in [5.74, 6) is -1.50. The molecule has 0 saturated heterocycles. The van der Waals surface area contributed by atoms with Crippen LogP contribution < -0.4 is 16.0 Å². The van der Waals surface area contributed by atoms with E-state index in [1.165, 1.54) is 46.6 Å². The number of thioether (sulfide) groups is 1. The van der Waals surface area contributed by atoms with Gasteiger partial charge in [0.05, 0.1) is 5.69 Å². The third kappa shape index (κ3) is 8.51. The fourth-order valence-corrected chi connectivity index (χ4v) is 7.06. The van der Waals surface area contributed by atoms with Gasteiger partial charge in [-0.1, -0.05) is 60.7 Å². The van der Waals surface area contributed by atoms with E-state index in [1.54, 1.807) is 60.7 Å². The minimum Gasteiger partial charge on any atom is -0.321 e. The van der Waals surface area contributed by atoms with Crippen LogP contribution in [0.25, 0.3) is 17.3 Å². The maximum absolute atomic E-state index is 13.7. The Kier molecular flexibility index (Phi) is 10.5. The monoisotopic (exact) mass is 690 g/mol. The van der Waals surface area contributed by atoms with Gasteiger partial charge in [-0.2, -0.15) is 0 Å². The Morgan fingerprint density at radius 1 is 0.792 bits per heavy atom. The van der Waals surface area contributed by atoms with Gasteiger partial charge in [-0.05, 0) is 77.7 Å². The average molecular weight is 691 g/mol. The predicted molar refractivity (Wildman–Crippen MR) is 192 cm³/mol. The summed E-state index contributed by atoms with van der Waals surface area (Å²) < 4.78 is 13.4. The number of hydrogen-bond donors (Lipinski definition) is 3. The molecule has 0 fully saturated rings. The van der Waals surface area contributed by atoms with Gasteiger partial charge in [0.25, 0.3) is 11.8 Å². The molecular weight excluding hydrogens is 664 g/mol. The maximum atomic E-state index is 13.7. The molecule has 6 rings (SSSR count). The maximum Gasteiger partial charge on any atom is 0.272 e. The van der Waals surface area contributed by atoms with Crippen molar-refractivity contribution in [1.29, 1.82) is 0 Å². The summed E-state index contributed by atoms with van der Waals surface area (Å²) >= 11 is 4.05. The number of benzene rings is 4. The fourth-order valence-electron chi connectivity index (χ4n) is 4.60. The number of nitrogens with zero attached hydrogens (tertiary/aromatic N) is 1. The third-order valence-electron chi connectivity index (χ3n) is 6.92. The molecule has 7 nitrogen and oxygen atoms in total. The van der Waals surface area contributed by atoms with Crippen LogP contribution in [0.1, 0.15) is 26.0 Å². The van der Waals surface area contributed by atoms with Gasteiger partial charge in [0.2, 0.25) is 5.91 Å². The van der Waals surface area contributed by atoms with Crippen molar-refractivity contribution < 1.29 is 18.8 Å². The van der Waals surface area contributed by atoms with E-state index in [4.69, 9.17) is 0 Å². The van der Waals surface area contributed by atoms with Crippen LogP contribution in [0.15, 0.2) is 143 Å². The van der Waals surface area contributed by atoms with Gasteiger partial charge in [0, 0.05) is 32.0 Å². The van der Waals surface area contributed by atoms with E-state index in [-0.39, 0.29) is 17.4 Å². The number of rotatable bonds is 11. The van der Waals surface area contributed by atoms with E-state index in [9.17, 15) is 18.8 Å². The summed E-state index contributed by atoms with van der Waals surface area (Å²) in [6.07, 6.45) is 1.63. The Morgan fingerprint density at radius 3 is 2.27 bits per heavy atom. The van der Waals surface area contributed by atoms with Gasteiger partial charge < -0.3 is 16.0 Å². The zero-order chi connectivity index (χ0) is 33.3. The lowest BCUT2D eigenvalue weighted by Crippen LogP contribution is -2.30. The molecule has 1 atom stereocenters. The van der Waals surface area contributed by atoms with Gasteiger partial charge in [0.15, 0.2) is 5.13 Å². The van der Waals surface area contributed by atoms with Gasteiger partial charge >= 0.3 is 0 Å². The second-order valence-electron chi connectivity index (χ2n) is 10.3. The first kappa shape index (κ1) is 32.6. The highest BCUT2D eigenvalue weighted by Gasteiger charge is 2.24. The summed E-state index contributed by atoms with van der Waals surface area (Å²) in [6.45, 7) is 0. The molecule has 4 aromatic carbocycles. The van der Waals surface area contributed by atoms with Crippen molar-refractivity contribution in [2.45, 2.75) is 10.1 Å². The van der Waals surface area contributed by atoms with Crippen LogP contribution in [-0.4, -0.2) is 22.7 Å². The summed E-state index contributed by atoms with van der Waals surface area (Å²) in [5.41, 5.74) is 3.18. The first-order valence-electron chi connectivity index (χ1n) is 14.7. The Bertz CT molecular complexity index is 2050. The lowest BCUT2D eigenvalue weighted by atomic mass is 10.1. The standard InChI is InChI=1S/C37H27FN4O3S3/c38-27-18-16-24(17-19-27)32-23-47-37(41-32)42-36(45)33(25-9-3-1-4-10-25)48-30-14-7-13-28(21-30)39-35(44)31(22-29-15-8-20-46-29)40-34(43)26-11-5-2-6-12-26/h1-23,33H,(H,39,44)(H,40,43)(H,41,42,45)/b31-22-. The van der Waals surface area contributed by atoms with Crippen molar-refractivity contribution in [3.8, 4) is 11.3 Å². The van der Waals surface area contributed by atoms with Gasteiger partial charge in [-0.3, -0.25) is 14.4 Å². The molecule has 0 aliphatic heterocycles. The SMILES string of the molecule is O=C(Nc1cccc(SC(C(=O)Nc2nc(-c3ccc(F)cc3)cs2)c2ccccc2)c1)/C(=C/c1cccs1)NC(=O)c1ccccc1. The number of carbonyl (C=O) groups is 3. The Labute approximate surface area is 288 Å². The highest BCUT2D eigenvalue weighted by molar-refractivity contribution is 8.00. The molecule has 3 N–H and O–H groups in total. The molecule has 1 unspecified atom stereocenters. The summed E-state index contributed by atoms with van der Waals surface area (Å²) in [5, 5.41) is 12.0. The smallest absolute Gasteiger partial charge is 0.272 e. The second-order valence-corrected chi connectivity index (χ2v) is 13.3. The normalized spacial score (nSPS) is 11.8. The molecule has 0 saturated carbocycles. The summed E-state index contributed by atoms with van der Waals surface area (Å²) in [4.78, 5) is 46.2. The van der Waals surface area contributed by atoms with Crippen molar-refractivity contribution in [2.24, 2.45) is 0 Å². The predicted octanol–water partition coefficient (Wildman–Crippen LogP) is 8.89. The molecule has 3 amide bonds. The quantitative estimate of drug-likeness (QED) is 0.0932. The van der Waals surface area contributed by atoms with Crippen molar-refractivity contribution in [2.75, 3.05) is 10.6 Å². The third-order valence-corrected chi connectivity index (χ3v) is 9.74. The number of thiophene rings is 1. The molecule has 48 heavy (non-hydrogen) atoms. The number of halogens is 1. The van der Waals surface area contributed by atoms with Crippen LogP contribution in [0, 0.1) is 5.82 Å². The number of thiazole rings is 1. The number of carbonyl (C=O) groups excluding carboxylic acids is 3. The molecule has 6 aromatic rings. The molecule has 11 heteroatoms. The average Bonchev–Trinajstić information content (AvgIpc) is 3.81. The van der Waals surface area contributed by atoms with E-state index in [1.807, 2.05) is 65.4 Å². The Morgan fingerprint density at radius 2 is 1.54 bits per heavy atom. The van der Waals surface area contributed by atoms with E-state index in [2.05, 4.69) is 20.9 Å². The molecular formula is C37H27FN4O3S3. The first-order valence-corrected chi connectivity index (χ1v) is 17.3. The zero-order valence-corrected chi connectivity index (χ0v) is 27.6. The number of hydrogen-bond acceptors (Lipinski definition) is 7. The van der Waals surface area contributed by atoms with Crippen LogP contribution in [0.5, 0.6) is 0 Å².